The second-order valence-electron chi connectivity index (χ2n) is 4.62. The summed E-state index contributed by atoms with van der Waals surface area (Å²) in [4.78, 5) is 20.2. The van der Waals surface area contributed by atoms with Crippen molar-refractivity contribution in [1.29, 1.82) is 0 Å². The monoisotopic (exact) mass is 301 g/mol. The van der Waals surface area contributed by atoms with Gasteiger partial charge in [0.05, 0.1) is 18.4 Å². The number of carbonyl (C=O) groups excluding carboxylic acids is 1. The Morgan fingerprint density at radius 1 is 1.29 bits per heavy atom. The van der Waals surface area contributed by atoms with Gasteiger partial charge >= 0.3 is 0 Å². The molecule has 3 rings (SSSR count). The fourth-order valence-corrected chi connectivity index (χ4v) is 2.83. The summed E-state index contributed by atoms with van der Waals surface area (Å²) in [5.74, 6) is 1.14. The molecule has 1 aromatic heterocycles. The number of fused-ring (bicyclic) bond motifs is 1. The number of amides is 1. The van der Waals surface area contributed by atoms with Crippen LogP contribution in [0.5, 0.6) is 5.75 Å². The molecule has 1 amide bonds. The van der Waals surface area contributed by atoms with Gasteiger partial charge in [0, 0.05) is 24.4 Å². The molecule has 0 aliphatic carbocycles. The minimum absolute atomic E-state index is 0.0136. The molecular weight excluding hydrogens is 286 g/mol. The highest BCUT2D eigenvalue weighted by Gasteiger charge is 2.22. The molecule has 0 bridgehead atoms. The third kappa shape index (κ3) is 3.52. The van der Waals surface area contributed by atoms with Gasteiger partial charge in [-0.3, -0.25) is 4.79 Å². The molecule has 1 aliphatic heterocycles. The Hall–Kier alpha value is -2.08. The van der Waals surface area contributed by atoms with Crippen molar-refractivity contribution in [2.75, 3.05) is 12.4 Å². The first-order chi connectivity index (χ1) is 10.3. The molecule has 0 saturated heterocycles. The molecule has 0 spiro atoms. The van der Waals surface area contributed by atoms with Gasteiger partial charge in [-0.05, 0) is 12.1 Å². The van der Waals surface area contributed by atoms with Crippen molar-refractivity contribution < 1.29 is 9.53 Å². The van der Waals surface area contributed by atoms with Crippen LogP contribution in [0.1, 0.15) is 18.0 Å². The third-order valence-corrected chi connectivity index (χ3v) is 4.04. The van der Waals surface area contributed by atoms with Gasteiger partial charge < -0.3 is 10.1 Å². The number of thioether (sulfide) groups is 1. The lowest BCUT2D eigenvalue weighted by Crippen LogP contribution is -2.33. The molecule has 108 valence electrons. The molecule has 2 heterocycles. The molecule has 21 heavy (non-hydrogen) atoms. The van der Waals surface area contributed by atoms with Crippen molar-refractivity contribution in [3.63, 3.8) is 0 Å². The average molecular weight is 301 g/mol. The van der Waals surface area contributed by atoms with Gasteiger partial charge in [-0.15, -0.1) is 0 Å². The zero-order chi connectivity index (χ0) is 14.5. The van der Waals surface area contributed by atoms with Crippen molar-refractivity contribution >= 4 is 17.7 Å². The van der Waals surface area contributed by atoms with Crippen LogP contribution in [0.2, 0.25) is 0 Å². The second kappa shape index (κ2) is 6.58. The molecule has 1 N–H and O–H groups in total. The number of hydrogen-bond acceptors (Lipinski definition) is 5. The molecule has 1 aliphatic rings. The SMILES string of the molecule is O=C(CSc1ncccn1)NC1CCOc2ccccc21. The summed E-state index contributed by atoms with van der Waals surface area (Å²) in [5.41, 5.74) is 1.04. The lowest BCUT2D eigenvalue weighted by Gasteiger charge is -2.26. The van der Waals surface area contributed by atoms with Crippen molar-refractivity contribution in [2.45, 2.75) is 17.6 Å². The zero-order valence-electron chi connectivity index (χ0n) is 11.4. The number of para-hydroxylation sites is 1. The lowest BCUT2D eigenvalue weighted by atomic mass is 10.0. The fourth-order valence-electron chi connectivity index (χ4n) is 2.22. The van der Waals surface area contributed by atoms with E-state index in [0.29, 0.717) is 17.5 Å². The van der Waals surface area contributed by atoms with E-state index in [0.717, 1.165) is 17.7 Å². The lowest BCUT2D eigenvalue weighted by molar-refractivity contribution is -0.119. The summed E-state index contributed by atoms with van der Waals surface area (Å²) in [5, 5.41) is 3.66. The van der Waals surface area contributed by atoms with E-state index in [1.807, 2.05) is 24.3 Å². The maximum Gasteiger partial charge on any atom is 0.230 e. The summed E-state index contributed by atoms with van der Waals surface area (Å²) in [6.45, 7) is 0.622. The molecule has 1 atom stereocenters. The van der Waals surface area contributed by atoms with Crippen LogP contribution in [0.15, 0.2) is 47.9 Å². The Bertz CT molecular complexity index is 621. The maximum atomic E-state index is 12.1. The van der Waals surface area contributed by atoms with Crippen LogP contribution in [0, 0.1) is 0 Å². The van der Waals surface area contributed by atoms with Crippen LogP contribution in [0.4, 0.5) is 0 Å². The standard InChI is InChI=1S/C15H15N3O2S/c19-14(10-21-15-16-7-3-8-17-15)18-12-6-9-20-13-5-2-1-4-11(12)13/h1-5,7-8,12H,6,9-10H2,(H,18,19). The molecule has 0 saturated carbocycles. The molecule has 6 heteroatoms. The third-order valence-electron chi connectivity index (χ3n) is 3.17. The van der Waals surface area contributed by atoms with Gasteiger partial charge in [-0.2, -0.15) is 0 Å². The molecule has 2 aromatic rings. The number of hydrogen-bond donors (Lipinski definition) is 1. The maximum absolute atomic E-state index is 12.1. The number of carbonyl (C=O) groups is 1. The number of nitrogens with zero attached hydrogens (tertiary/aromatic N) is 2. The van der Waals surface area contributed by atoms with Gasteiger partial charge in [0.15, 0.2) is 5.16 Å². The molecule has 1 unspecified atom stereocenters. The topological polar surface area (TPSA) is 64.1 Å². The van der Waals surface area contributed by atoms with Crippen LogP contribution in [0.25, 0.3) is 0 Å². The van der Waals surface area contributed by atoms with Gasteiger partial charge in [0.1, 0.15) is 5.75 Å². The highest BCUT2D eigenvalue weighted by molar-refractivity contribution is 7.99. The quantitative estimate of drug-likeness (QED) is 0.693. The first-order valence-electron chi connectivity index (χ1n) is 6.74. The first kappa shape index (κ1) is 13.9. The van der Waals surface area contributed by atoms with E-state index in [1.165, 1.54) is 11.8 Å². The Kier molecular flexibility index (Phi) is 4.35. The summed E-state index contributed by atoms with van der Waals surface area (Å²) in [6.07, 6.45) is 4.12. The van der Waals surface area contributed by atoms with E-state index in [-0.39, 0.29) is 11.9 Å². The molecule has 5 nitrogen and oxygen atoms in total. The van der Waals surface area contributed by atoms with E-state index in [4.69, 9.17) is 4.74 Å². The second-order valence-corrected chi connectivity index (χ2v) is 5.56. The summed E-state index contributed by atoms with van der Waals surface area (Å²) in [6, 6.07) is 9.58. The largest absolute Gasteiger partial charge is 0.493 e. The number of rotatable bonds is 4. The minimum Gasteiger partial charge on any atom is -0.493 e. The van der Waals surface area contributed by atoms with Gasteiger partial charge in [-0.1, -0.05) is 30.0 Å². The van der Waals surface area contributed by atoms with Crippen LogP contribution < -0.4 is 10.1 Å². The fraction of sp³-hybridized carbons (Fsp3) is 0.267. The summed E-state index contributed by atoms with van der Waals surface area (Å²) in [7, 11) is 0. The van der Waals surface area contributed by atoms with Crippen LogP contribution >= 0.6 is 11.8 Å². The van der Waals surface area contributed by atoms with Crippen LogP contribution in [-0.2, 0) is 4.79 Å². The highest BCUT2D eigenvalue weighted by Crippen LogP contribution is 2.31. The number of benzene rings is 1. The van der Waals surface area contributed by atoms with E-state index in [9.17, 15) is 4.79 Å². The first-order valence-corrected chi connectivity index (χ1v) is 7.72. The van der Waals surface area contributed by atoms with E-state index in [2.05, 4.69) is 15.3 Å². The number of aromatic nitrogens is 2. The minimum atomic E-state index is -0.0193. The van der Waals surface area contributed by atoms with Crippen molar-refractivity contribution in [3.05, 3.63) is 48.3 Å². The highest BCUT2D eigenvalue weighted by atomic mass is 32.2. The number of ether oxygens (including phenoxy) is 1. The van der Waals surface area contributed by atoms with Crippen LogP contribution in [-0.4, -0.2) is 28.2 Å². The summed E-state index contributed by atoms with van der Waals surface area (Å²) >= 11 is 1.33. The predicted octanol–water partition coefficient (Wildman–Crippen LogP) is 2.21. The van der Waals surface area contributed by atoms with Gasteiger partial charge in [0.2, 0.25) is 5.91 Å². The van der Waals surface area contributed by atoms with Gasteiger partial charge in [-0.25, -0.2) is 9.97 Å². The van der Waals surface area contributed by atoms with Gasteiger partial charge in [0.25, 0.3) is 0 Å². The van der Waals surface area contributed by atoms with Crippen molar-refractivity contribution in [1.82, 2.24) is 15.3 Å². The van der Waals surface area contributed by atoms with E-state index < -0.39 is 0 Å². The van der Waals surface area contributed by atoms with Crippen LogP contribution in [0.3, 0.4) is 0 Å². The smallest absolute Gasteiger partial charge is 0.230 e. The van der Waals surface area contributed by atoms with Crippen molar-refractivity contribution in [2.24, 2.45) is 0 Å². The molecule has 0 radical (unpaired) electrons. The Morgan fingerprint density at radius 2 is 2.10 bits per heavy atom. The number of nitrogens with one attached hydrogen (secondary N) is 1. The Morgan fingerprint density at radius 3 is 2.95 bits per heavy atom. The zero-order valence-corrected chi connectivity index (χ0v) is 12.2. The van der Waals surface area contributed by atoms with Crippen molar-refractivity contribution in [3.8, 4) is 5.75 Å². The Labute approximate surface area is 127 Å². The predicted molar refractivity (Wildman–Crippen MR) is 80.2 cm³/mol. The molecule has 0 fully saturated rings. The van der Waals surface area contributed by atoms with E-state index >= 15 is 0 Å². The Balaban J connectivity index is 1.58. The normalized spacial score (nSPS) is 16.7. The average Bonchev–Trinajstić information content (AvgIpc) is 2.54. The van der Waals surface area contributed by atoms with E-state index in [1.54, 1.807) is 18.5 Å². The summed E-state index contributed by atoms with van der Waals surface area (Å²) < 4.78 is 5.59. The molecule has 1 aromatic carbocycles. The molecular formula is C15H15N3O2S.